The lowest BCUT2D eigenvalue weighted by atomic mass is 9.78. The number of nitrogens with one attached hydrogen (secondary N) is 2. The number of pyridine rings is 1. The van der Waals surface area contributed by atoms with Crippen molar-refractivity contribution in [1.29, 1.82) is 0 Å². The first-order valence-corrected chi connectivity index (χ1v) is 6.41. The van der Waals surface area contributed by atoms with E-state index in [4.69, 9.17) is 0 Å². The Hall–Kier alpha value is -1.60. The second-order valence-corrected chi connectivity index (χ2v) is 5.19. The molecule has 19 heavy (non-hydrogen) atoms. The fourth-order valence-corrected chi connectivity index (χ4v) is 3.09. The summed E-state index contributed by atoms with van der Waals surface area (Å²) in [5.74, 6) is -0.250. The third kappa shape index (κ3) is 2.31. The van der Waals surface area contributed by atoms with Gasteiger partial charge in [0.05, 0.1) is 17.9 Å². The molecule has 2 aliphatic rings. The zero-order chi connectivity index (χ0) is 13.4. The molecule has 7 heteroatoms. The summed E-state index contributed by atoms with van der Waals surface area (Å²) in [7, 11) is 0. The minimum Gasteiger partial charge on any atom is -0.264 e. The molecule has 1 aromatic rings. The lowest BCUT2D eigenvalue weighted by Crippen LogP contribution is -2.39. The smallest absolute Gasteiger partial charge is 0.213 e. The van der Waals surface area contributed by atoms with E-state index in [1.54, 1.807) is 6.07 Å². The van der Waals surface area contributed by atoms with Crippen molar-refractivity contribution in [1.82, 2.24) is 15.8 Å². The lowest BCUT2D eigenvalue weighted by molar-refractivity contribution is -0.528. The van der Waals surface area contributed by atoms with Crippen LogP contribution in [-0.4, -0.2) is 22.0 Å². The fourth-order valence-electron chi connectivity index (χ4n) is 3.09. The molecule has 0 bridgehead atoms. The molecule has 2 fully saturated rings. The van der Waals surface area contributed by atoms with Crippen LogP contribution in [0.25, 0.3) is 0 Å². The molecule has 0 amide bonds. The van der Waals surface area contributed by atoms with Crippen molar-refractivity contribution in [3.8, 4) is 0 Å². The van der Waals surface area contributed by atoms with Crippen LogP contribution in [0.3, 0.4) is 0 Å². The highest BCUT2D eigenvalue weighted by atomic mass is 19.1. The summed E-state index contributed by atoms with van der Waals surface area (Å²) in [6, 6.07) is 2.66. The summed E-state index contributed by atoms with van der Waals surface area (Å²) in [4.78, 5) is 14.8. The number of nitrogens with zero attached hydrogens (tertiary/aromatic N) is 2. The zero-order valence-electron chi connectivity index (χ0n) is 10.3. The number of halogens is 1. The third-order valence-corrected chi connectivity index (χ3v) is 4.09. The summed E-state index contributed by atoms with van der Waals surface area (Å²) in [5, 5.41) is 10.9. The van der Waals surface area contributed by atoms with Gasteiger partial charge in [0, 0.05) is 29.7 Å². The molecule has 1 aromatic heterocycles. The molecule has 0 spiro atoms. The Kier molecular flexibility index (Phi) is 3.16. The molecule has 102 valence electrons. The molecule has 0 aromatic carbocycles. The quantitative estimate of drug-likeness (QED) is 0.620. The number of hydrogen-bond acceptors (Lipinski definition) is 5. The average Bonchev–Trinajstić information content (AvgIpc) is 2.82. The van der Waals surface area contributed by atoms with Crippen LogP contribution in [0.15, 0.2) is 18.3 Å². The maximum Gasteiger partial charge on any atom is 0.213 e. The molecule has 2 N–H and O–H groups in total. The summed E-state index contributed by atoms with van der Waals surface area (Å²) < 4.78 is 12.9. The SMILES string of the molecule is O=[N+]([O-])C1CCC2NNC(c3ccc(F)cn3)C2C1. The van der Waals surface area contributed by atoms with Gasteiger partial charge in [0.2, 0.25) is 6.04 Å². The second-order valence-electron chi connectivity index (χ2n) is 5.19. The first kappa shape index (κ1) is 12.4. The van der Waals surface area contributed by atoms with E-state index >= 15 is 0 Å². The molecule has 1 saturated heterocycles. The molecule has 3 rings (SSSR count). The van der Waals surface area contributed by atoms with Crippen molar-refractivity contribution in [2.24, 2.45) is 5.92 Å². The van der Waals surface area contributed by atoms with Crippen LogP contribution in [-0.2, 0) is 0 Å². The number of hydrazine groups is 1. The largest absolute Gasteiger partial charge is 0.264 e. The van der Waals surface area contributed by atoms with Crippen molar-refractivity contribution < 1.29 is 9.31 Å². The highest BCUT2D eigenvalue weighted by molar-refractivity contribution is 5.14. The maximum absolute atomic E-state index is 12.9. The van der Waals surface area contributed by atoms with E-state index in [1.807, 2.05) is 0 Å². The van der Waals surface area contributed by atoms with Crippen molar-refractivity contribution >= 4 is 0 Å². The molecule has 1 aliphatic carbocycles. The molecular formula is C12H15FN4O2. The average molecular weight is 266 g/mol. The first-order chi connectivity index (χ1) is 9.15. The Morgan fingerprint density at radius 3 is 2.89 bits per heavy atom. The summed E-state index contributed by atoms with van der Waals surface area (Å²) in [6.07, 6.45) is 3.09. The van der Waals surface area contributed by atoms with Gasteiger partial charge >= 0.3 is 0 Å². The topological polar surface area (TPSA) is 80.1 Å². The third-order valence-electron chi connectivity index (χ3n) is 4.09. The summed E-state index contributed by atoms with van der Waals surface area (Å²) >= 11 is 0. The van der Waals surface area contributed by atoms with Gasteiger partial charge in [-0.15, -0.1) is 0 Å². The molecular weight excluding hydrogens is 251 g/mol. The predicted octanol–water partition coefficient (Wildman–Crippen LogP) is 1.18. The van der Waals surface area contributed by atoms with E-state index < -0.39 is 6.04 Å². The van der Waals surface area contributed by atoms with Gasteiger partial charge in [-0.2, -0.15) is 0 Å². The molecule has 1 saturated carbocycles. The van der Waals surface area contributed by atoms with Crippen LogP contribution in [0.5, 0.6) is 0 Å². The molecule has 6 nitrogen and oxygen atoms in total. The number of nitro groups is 1. The van der Waals surface area contributed by atoms with Gasteiger partial charge in [0.1, 0.15) is 5.82 Å². The van der Waals surface area contributed by atoms with Gasteiger partial charge < -0.3 is 0 Å². The fraction of sp³-hybridized carbons (Fsp3) is 0.583. The zero-order valence-corrected chi connectivity index (χ0v) is 10.3. The Morgan fingerprint density at radius 1 is 1.37 bits per heavy atom. The van der Waals surface area contributed by atoms with Crippen molar-refractivity contribution in [3.05, 3.63) is 40.0 Å². The summed E-state index contributed by atoms with van der Waals surface area (Å²) in [5.41, 5.74) is 7.04. The molecule has 1 aliphatic heterocycles. The standard InChI is InChI=1S/C12H15FN4O2/c13-7-1-3-11(14-6-7)12-9-5-8(17(18)19)2-4-10(9)15-16-12/h1,3,6,8-10,12,15-16H,2,4-5H2. The van der Waals surface area contributed by atoms with Crippen molar-refractivity contribution in [3.63, 3.8) is 0 Å². The van der Waals surface area contributed by atoms with E-state index in [2.05, 4.69) is 15.8 Å². The van der Waals surface area contributed by atoms with Crippen molar-refractivity contribution in [2.75, 3.05) is 0 Å². The second kappa shape index (κ2) is 4.82. The van der Waals surface area contributed by atoms with E-state index in [1.165, 1.54) is 12.3 Å². The Morgan fingerprint density at radius 2 is 2.21 bits per heavy atom. The van der Waals surface area contributed by atoms with Gasteiger partial charge in [-0.3, -0.25) is 20.5 Å². The maximum atomic E-state index is 12.9. The number of aromatic nitrogens is 1. The Balaban J connectivity index is 1.80. The van der Waals surface area contributed by atoms with Crippen LogP contribution >= 0.6 is 0 Å². The van der Waals surface area contributed by atoms with Crippen LogP contribution in [0.2, 0.25) is 0 Å². The van der Waals surface area contributed by atoms with Crippen molar-refractivity contribution in [2.45, 2.75) is 37.4 Å². The lowest BCUT2D eigenvalue weighted by Gasteiger charge is -2.28. The van der Waals surface area contributed by atoms with E-state index in [0.717, 1.165) is 12.1 Å². The highest BCUT2D eigenvalue weighted by Crippen LogP contribution is 2.38. The Bertz CT molecular complexity index is 481. The minimum atomic E-state index is -0.481. The van der Waals surface area contributed by atoms with Crippen LogP contribution < -0.4 is 10.9 Å². The molecule has 4 unspecified atom stereocenters. The normalized spacial score (nSPS) is 33.9. The van der Waals surface area contributed by atoms with Crippen LogP contribution in [0.1, 0.15) is 31.0 Å². The number of fused-ring (bicyclic) bond motifs is 1. The van der Waals surface area contributed by atoms with E-state index in [0.29, 0.717) is 12.8 Å². The van der Waals surface area contributed by atoms with Gasteiger partial charge in [-0.25, -0.2) is 9.82 Å². The monoisotopic (exact) mass is 266 g/mol. The molecule has 0 radical (unpaired) electrons. The van der Waals surface area contributed by atoms with Crippen LogP contribution in [0, 0.1) is 21.8 Å². The highest BCUT2D eigenvalue weighted by Gasteiger charge is 2.44. The van der Waals surface area contributed by atoms with E-state index in [-0.39, 0.29) is 28.7 Å². The van der Waals surface area contributed by atoms with E-state index in [9.17, 15) is 14.5 Å². The number of hydrogen-bond donors (Lipinski definition) is 2. The first-order valence-electron chi connectivity index (χ1n) is 6.41. The van der Waals surface area contributed by atoms with Gasteiger partial charge in [-0.05, 0) is 18.6 Å². The van der Waals surface area contributed by atoms with Gasteiger partial charge in [-0.1, -0.05) is 0 Å². The molecule has 4 atom stereocenters. The number of rotatable bonds is 2. The van der Waals surface area contributed by atoms with Crippen LogP contribution in [0.4, 0.5) is 4.39 Å². The van der Waals surface area contributed by atoms with Gasteiger partial charge in [0.15, 0.2) is 0 Å². The van der Waals surface area contributed by atoms with Gasteiger partial charge in [0.25, 0.3) is 0 Å². The minimum absolute atomic E-state index is 0.0895. The Labute approximate surface area is 109 Å². The predicted molar refractivity (Wildman–Crippen MR) is 65.1 cm³/mol. The summed E-state index contributed by atoms with van der Waals surface area (Å²) in [6.45, 7) is 0. The molecule has 2 heterocycles.